The van der Waals surface area contributed by atoms with Crippen molar-refractivity contribution in [1.82, 2.24) is 0 Å². The van der Waals surface area contributed by atoms with Gasteiger partial charge in [-0.05, 0) is 35.4 Å². The van der Waals surface area contributed by atoms with Gasteiger partial charge in [0.05, 0.1) is 23.6 Å². The zero-order valence-electron chi connectivity index (χ0n) is 13.1. The van der Waals surface area contributed by atoms with Gasteiger partial charge in [0, 0.05) is 12.8 Å². The fourth-order valence-corrected chi connectivity index (χ4v) is 2.31. The summed E-state index contributed by atoms with van der Waals surface area (Å²) in [5, 5.41) is 8.71. The number of nitrogens with zero attached hydrogens (tertiary/aromatic N) is 1. The van der Waals surface area contributed by atoms with Crippen LogP contribution in [0.2, 0.25) is 0 Å². The molecule has 0 aliphatic carbocycles. The van der Waals surface area contributed by atoms with Crippen LogP contribution in [-0.4, -0.2) is 11.6 Å². The molecule has 3 nitrogen and oxygen atoms in total. The molecule has 25 heavy (non-hydrogen) atoms. The molecule has 2 aromatic rings. The Labute approximate surface area is 142 Å². The molecule has 0 bridgehead atoms. The van der Waals surface area contributed by atoms with E-state index in [0.717, 1.165) is 12.1 Å². The third-order valence-corrected chi connectivity index (χ3v) is 3.56. The maximum absolute atomic E-state index is 12.5. The second kappa shape index (κ2) is 7.75. The van der Waals surface area contributed by atoms with E-state index in [9.17, 15) is 22.8 Å². The summed E-state index contributed by atoms with van der Waals surface area (Å²) in [6.07, 6.45) is -4.71. The first kappa shape index (κ1) is 18.4. The molecule has 6 heteroatoms. The normalized spacial score (nSPS) is 11.0. The van der Waals surface area contributed by atoms with Crippen LogP contribution in [0.5, 0.6) is 0 Å². The van der Waals surface area contributed by atoms with Gasteiger partial charge in [-0.25, -0.2) is 0 Å². The maximum atomic E-state index is 12.5. The van der Waals surface area contributed by atoms with Crippen LogP contribution < -0.4 is 0 Å². The Morgan fingerprint density at radius 2 is 1.28 bits per heavy atom. The molecule has 0 radical (unpaired) electrons. The van der Waals surface area contributed by atoms with Gasteiger partial charge in [-0.1, -0.05) is 24.3 Å². The van der Waals surface area contributed by atoms with E-state index in [1.54, 1.807) is 24.3 Å². The van der Waals surface area contributed by atoms with Crippen molar-refractivity contribution in [2.75, 3.05) is 0 Å². The minimum atomic E-state index is -4.42. The summed E-state index contributed by atoms with van der Waals surface area (Å²) in [5.41, 5.74) is 0.839. The van der Waals surface area contributed by atoms with Crippen molar-refractivity contribution in [1.29, 1.82) is 5.26 Å². The summed E-state index contributed by atoms with van der Waals surface area (Å²) in [5.74, 6) is -0.625. The van der Waals surface area contributed by atoms with Crippen molar-refractivity contribution in [3.63, 3.8) is 0 Å². The molecule has 2 rings (SSSR count). The minimum Gasteiger partial charge on any atom is -0.299 e. The van der Waals surface area contributed by atoms with E-state index in [1.165, 1.54) is 12.1 Å². The highest BCUT2D eigenvalue weighted by molar-refractivity contribution is 6.00. The molecule has 0 aliphatic heterocycles. The zero-order chi connectivity index (χ0) is 18.4. The average Bonchev–Trinajstić information content (AvgIpc) is 2.55. The fourth-order valence-electron chi connectivity index (χ4n) is 2.31. The smallest absolute Gasteiger partial charge is 0.299 e. The van der Waals surface area contributed by atoms with Crippen LogP contribution in [0.1, 0.15) is 28.7 Å². The molecule has 2 aromatic carbocycles. The van der Waals surface area contributed by atoms with Crippen molar-refractivity contribution in [3.8, 4) is 6.07 Å². The number of hydrogen-bond donors (Lipinski definition) is 0. The van der Waals surface area contributed by atoms with Crippen LogP contribution >= 0.6 is 0 Å². The predicted molar refractivity (Wildman–Crippen MR) is 84.6 cm³/mol. The second-order valence-electron chi connectivity index (χ2n) is 5.61. The van der Waals surface area contributed by atoms with Crippen LogP contribution in [0.3, 0.4) is 0 Å². The van der Waals surface area contributed by atoms with Crippen LogP contribution in [0.15, 0.2) is 48.5 Å². The maximum Gasteiger partial charge on any atom is 0.416 e. The van der Waals surface area contributed by atoms with Gasteiger partial charge in [-0.2, -0.15) is 18.4 Å². The number of halogens is 3. The second-order valence-corrected chi connectivity index (χ2v) is 5.61. The Bertz CT molecular complexity index is 801. The van der Waals surface area contributed by atoms with E-state index in [0.29, 0.717) is 16.7 Å². The summed E-state index contributed by atoms with van der Waals surface area (Å²) in [6, 6.07) is 12.8. The zero-order valence-corrected chi connectivity index (χ0v) is 13.1. The third kappa shape index (κ3) is 5.57. The van der Waals surface area contributed by atoms with Crippen molar-refractivity contribution >= 4 is 11.6 Å². The van der Waals surface area contributed by atoms with E-state index >= 15 is 0 Å². The summed E-state index contributed by atoms with van der Waals surface area (Å²) >= 11 is 0. The average molecular weight is 345 g/mol. The van der Waals surface area contributed by atoms with Gasteiger partial charge < -0.3 is 0 Å². The molecule has 0 aliphatic rings. The molecule has 0 saturated heterocycles. The largest absolute Gasteiger partial charge is 0.416 e. The van der Waals surface area contributed by atoms with Gasteiger partial charge in [-0.15, -0.1) is 0 Å². The number of hydrogen-bond acceptors (Lipinski definition) is 3. The van der Waals surface area contributed by atoms with Crippen LogP contribution in [-0.2, 0) is 28.6 Å². The van der Waals surface area contributed by atoms with Crippen molar-refractivity contribution in [2.24, 2.45) is 0 Å². The lowest BCUT2D eigenvalue weighted by molar-refractivity contribution is -0.137. The molecule has 0 saturated carbocycles. The Morgan fingerprint density at radius 1 is 0.840 bits per heavy atom. The van der Waals surface area contributed by atoms with Gasteiger partial charge in [0.2, 0.25) is 0 Å². The molecule has 0 atom stereocenters. The van der Waals surface area contributed by atoms with E-state index in [-0.39, 0.29) is 30.8 Å². The highest BCUT2D eigenvalue weighted by Crippen LogP contribution is 2.29. The number of rotatable bonds is 6. The number of ketones is 2. The lowest BCUT2D eigenvalue weighted by Gasteiger charge is -2.07. The van der Waals surface area contributed by atoms with Crippen molar-refractivity contribution in [3.05, 3.63) is 70.8 Å². The number of carbonyl (C=O) groups is 2. The highest BCUT2D eigenvalue weighted by Gasteiger charge is 2.29. The molecule has 128 valence electrons. The SMILES string of the molecule is N#Cc1ccc(CC(=O)CC(=O)Cc2ccc(C(F)(F)F)cc2)cc1. The standard InChI is InChI=1S/C19H14F3NO2/c20-19(21,22)16-7-5-14(6-8-16)10-18(25)11-17(24)9-13-1-3-15(12-23)4-2-13/h1-8H,9-11H2. The molecule has 0 amide bonds. The van der Waals surface area contributed by atoms with E-state index in [4.69, 9.17) is 5.26 Å². The third-order valence-electron chi connectivity index (χ3n) is 3.56. The molecule has 0 heterocycles. The first-order valence-corrected chi connectivity index (χ1v) is 7.46. The van der Waals surface area contributed by atoms with Crippen LogP contribution in [0.25, 0.3) is 0 Å². The first-order chi connectivity index (χ1) is 11.8. The summed E-state index contributed by atoms with van der Waals surface area (Å²) in [4.78, 5) is 23.8. The summed E-state index contributed by atoms with van der Waals surface area (Å²) in [7, 11) is 0. The van der Waals surface area contributed by atoms with E-state index in [2.05, 4.69) is 0 Å². The summed E-state index contributed by atoms with van der Waals surface area (Å²) < 4.78 is 37.4. The predicted octanol–water partition coefficient (Wildman–Crippen LogP) is 3.89. The Hall–Kier alpha value is -2.94. The number of alkyl halides is 3. The summed E-state index contributed by atoms with van der Waals surface area (Å²) in [6.45, 7) is 0. The number of benzene rings is 2. The molecular formula is C19H14F3NO2. The van der Waals surface area contributed by atoms with Crippen molar-refractivity contribution in [2.45, 2.75) is 25.4 Å². The van der Waals surface area contributed by atoms with Gasteiger partial charge in [0.25, 0.3) is 0 Å². The number of Topliss-reactive ketones (excluding diaryl/α,β-unsaturated/α-hetero) is 2. The molecule has 0 N–H and O–H groups in total. The van der Waals surface area contributed by atoms with Crippen LogP contribution in [0.4, 0.5) is 13.2 Å². The highest BCUT2D eigenvalue weighted by atomic mass is 19.4. The van der Waals surface area contributed by atoms with Gasteiger partial charge in [0.15, 0.2) is 0 Å². The molecule has 0 aromatic heterocycles. The minimum absolute atomic E-state index is 0.0739. The molecule has 0 spiro atoms. The van der Waals surface area contributed by atoms with Crippen molar-refractivity contribution < 1.29 is 22.8 Å². The van der Waals surface area contributed by atoms with Crippen LogP contribution in [0, 0.1) is 11.3 Å². The fraction of sp³-hybridized carbons (Fsp3) is 0.211. The van der Waals surface area contributed by atoms with E-state index < -0.39 is 11.7 Å². The molecule has 0 unspecified atom stereocenters. The Kier molecular flexibility index (Phi) is 5.71. The number of carbonyl (C=O) groups excluding carboxylic acids is 2. The number of nitriles is 1. The first-order valence-electron chi connectivity index (χ1n) is 7.46. The van der Waals surface area contributed by atoms with Gasteiger partial charge >= 0.3 is 6.18 Å². The lowest BCUT2D eigenvalue weighted by Crippen LogP contribution is -2.12. The Balaban J connectivity index is 1.88. The quantitative estimate of drug-likeness (QED) is 0.746. The lowest BCUT2D eigenvalue weighted by atomic mass is 10.0. The van der Waals surface area contributed by atoms with Gasteiger partial charge in [-0.3, -0.25) is 9.59 Å². The Morgan fingerprint density at radius 3 is 1.68 bits per heavy atom. The van der Waals surface area contributed by atoms with Gasteiger partial charge in [0.1, 0.15) is 11.6 Å². The molecule has 0 fully saturated rings. The monoisotopic (exact) mass is 345 g/mol. The molecular weight excluding hydrogens is 331 g/mol. The van der Waals surface area contributed by atoms with E-state index in [1.807, 2.05) is 6.07 Å². The topological polar surface area (TPSA) is 57.9 Å².